The van der Waals surface area contributed by atoms with E-state index >= 15 is 0 Å². The van der Waals surface area contributed by atoms with Crippen molar-refractivity contribution in [1.29, 1.82) is 0 Å². The number of carbonyl (C=O) groups is 2. The molecule has 182 valence electrons. The third-order valence-corrected chi connectivity index (χ3v) is 6.04. The van der Waals surface area contributed by atoms with E-state index in [0.717, 1.165) is 11.1 Å². The van der Waals surface area contributed by atoms with Crippen LogP contribution in [0.3, 0.4) is 0 Å². The normalized spacial score (nSPS) is 15.3. The molecule has 0 spiro atoms. The van der Waals surface area contributed by atoms with Gasteiger partial charge in [-0.15, -0.1) is 0 Å². The van der Waals surface area contributed by atoms with Gasteiger partial charge in [-0.05, 0) is 47.7 Å². The Labute approximate surface area is 199 Å². The second kappa shape index (κ2) is 10.1. The number of amides is 3. The molecule has 4 rings (SSSR count). The molecule has 1 atom stereocenters. The summed E-state index contributed by atoms with van der Waals surface area (Å²) in [5.41, 5.74) is 2.71. The lowest BCUT2D eigenvalue weighted by Crippen LogP contribution is -2.52. The second-order valence-electron chi connectivity index (χ2n) is 8.67. The van der Waals surface area contributed by atoms with Crippen molar-refractivity contribution in [2.24, 2.45) is 5.92 Å². The molecule has 0 aliphatic carbocycles. The smallest absolute Gasteiger partial charge is 0.318 e. The summed E-state index contributed by atoms with van der Waals surface area (Å²) in [7, 11) is 3.19. The van der Waals surface area contributed by atoms with Crippen LogP contribution in [0.15, 0.2) is 30.3 Å². The molecule has 2 aliphatic rings. The van der Waals surface area contributed by atoms with E-state index in [0.29, 0.717) is 61.4 Å². The van der Waals surface area contributed by atoms with E-state index in [4.69, 9.17) is 18.9 Å². The number of benzene rings is 2. The number of anilines is 1. The van der Waals surface area contributed by atoms with E-state index in [-0.39, 0.29) is 17.9 Å². The zero-order valence-corrected chi connectivity index (χ0v) is 20.0. The SMILES string of the molecule is COc1cc2c(cc1OC)CN(C(=O)N[C@@H](C(=O)Nc1ccc3c(c1)OCCO3)C(C)C)CC2. The predicted octanol–water partition coefficient (Wildman–Crippen LogP) is 3.21. The van der Waals surface area contributed by atoms with Gasteiger partial charge in [0, 0.05) is 24.8 Å². The molecule has 2 aliphatic heterocycles. The summed E-state index contributed by atoms with van der Waals surface area (Å²) in [6.07, 6.45) is 0.693. The lowest BCUT2D eigenvalue weighted by atomic mass is 9.99. The molecular weight excluding hydrogens is 438 g/mol. The summed E-state index contributed by atoms with van der Waals surface area (Å²) >= 11 is 0. The number of rotatable bonds is 6. The zero-order chi connectivity index (χ0) is 24.2. The predicted molar refractivity (Wildman–Crippen MR) is 127 cm³/mol. The van der Waals surface area contributed by atoms with Gasteiger partial charge in [-0.3, -0.25) is 4.79 Å². The highest BCUT2D eigenvalue weighted by Gasteiger charge is 2.29. The minimum Gasteiger partial charge on any atom is -0.493 e. The Morgan fingerprint density at radius 2 is 1.65 bits per heavy atom. The first-order valence-corrected chi connectivity index (χ1v) is 11.4. The highest BCUT2D eigenvalue weighted by atomic mass is 16.6. The van der Waals surface area contributed by atoms with Crippen molar-refractivity contribution in [3.8, 4) is 23.0 Å². The third-order valence-electron chi connectivity index (χ3n) is 6.04. The van der Waals surface area contributed by atoms with Crippen LogP contribution in [0.4, 0.5) is 10.5 Å². The van der Waals surface area contributed by atoms with E-state index in [1.54, 1.807) is 37.3 Å². The quantitative estimate of drug-likeness (QED) is 0.674. The van der Waals surface area contributed by atoms with Gasteiger partial charge < -0.3 is 34.5 Å². The maximum absolute atomic E-state index is 13.1. The maximum Gasteiger partial charge on any atom is 0.318 e. The van der Waals surface area contributed by atoms with E-state index in [1.165, 1.54) is 0 Å². The number of carbonyl (C=O) groups excluding carboxylic acids is 2. The average molecular weight is 470 g/mol. The Morgan fingerprint density at radius 1 is 0.971 bits per heavy atom. The Morgan fingerprint density at radius 3 is 2.32 bits per heavy atom. The fourth-order valence-corrected chi connectivity index (χ4v) is 4.16. The summed E-state index contributed by atoms with van der Waals surface area (Å²) in [4.78, 5) is 27.8. The molecule has 9 heteroatoms. The van der Waals surface area contributed by atoms with Crippen LogP contribution in [-0.4, -0.2) is 56.9 Å². The maximum atomic E-state index is 13.1. The Kier molecular flexibility index (Phi) is 7.00. The van der Waals surface area contributed by atoms with Gasteiger partial charge in [-0.25, -0.2) is 4.79 Å². The van der Waals surface area contributed by atoms with Crippen molar-refractivity contribution in [2.75, 3.05) is 39.3 Å². The van der Waals surface area contributed by atoms with E-state index in [2.05, 4.69) is 10.6 Å². The van der Waals surface area contributed by atoms with Crippen molar-refractivity contribution in [3.05, 3.63) is 41.5 Å². The number of hydrogen-bond donors (Lipinski definition) is 2. The summed E-state index contributed by atoms with van der Waals surface area (Å²) in [6, 6.07) is 8.14. The minimum atomic E-state index is -0.701. The molecule has 2 N–H and O–H groups in total. The molecule has 0 fully saturated rings. The van der Waals surface area contributed by atoms with Crippen LogP contribution >= 0.6 is 0 Å². The minimum absolute atomic E-state index is 0.109. The van der Waals surface area contributed by atoms with Gasteiger partial charge in [0.2, 0.25) is 5.91 Å². The van der Waals surface area contributed by atoms with Gasteiger partial charge in [0.05, 0.1) is 14.2 Å². The molecule has 9 nitrogen and oxygen atoms in total. The van der Waals surface area contributed by atoms with Crippen LogP contribution in [0.1, 0.15) is 25.0 Å². The monoisotopic (exact) mass is 469 g/mol. The summed E-state index contributed by atoms with van der Waals surface area (Å²) in [5.74, 6) is 2.15. The number of hydrogen-bond acceptors (Lipinski definition) is 6. The molecule has 0 bridgehead atoms. The van der Waals surface area contributed by atoms with Gasteiger partial charge in [0.25, 0.3) is 0 Å². The van der Waals surface area contributed by atoms with Gasteiger partial charge in [0.1, 0.15) is 19.3 Å². The summed E-state index contributed by atoms with van der Waals surface area (Å²) in [5, 5.41) is 5.80. The van der Waals surface area contributed by atoms with Gasteiger partial charge in [-0.2, -0.15) is 0 Å². The second-order valence-corrected chi connectivity index (χ2v) is 8.67. The Balaban J connectivity index is 1.42. The largest absolute Gasteiger partial charge is 0.493 e. The lowest BCUT2D eigenvalue weighted by Gasteiger charge is -2.32. The number of methoxy groups -OCH3 is 2. The molecular formula is C25H31N3O6. The molecule has 0 radical (unpaired) electrons. The topological polar surface area (TPSA) is 98.4 Å². The Bertz CT molecular complexity index is 1070. The molecule has 3 amide bonds. The van der Waals surface area contributed by atoms with E-state index in [9.17, 15) is 9.59 Å². The fourth-order valence-electron chi connectivity index (χ4n) is 4.16. The van der Waals surface area contributed by atoms with E-state index in [1.807, 2.05) is 26.0 Å². The number of ether oxygens (including phenoxy) is 4. The average Bonchev–Trinajstić information content (AvgIpc) is 2.85. The number of urea groups is 1. The highest BCUT2D eigenvalue weighted by molar-refractivity contribution is 5.97. The molecule has 0 unspecified atom stereocenters. The molecule has 0 saturated carbocycles. The zero-order valence-electron chi connectivity index (χ0n) is 20.0. The van der Waals surface area contributed by atoms with Crippen molar-refractivity contribution in [2.45, 2.75) is 32.9 Å². The Hall–Kier alpha value is -3.62. The number of fused-ring (bicyclic) bond motifs is 2. The molecule has 2 aromatic rings. The molecule has 2 aromatic carbocycles. The van der Waals surface area contributed by atoms with Gasteiger partial charge in [0.15, 0.2) is 23.0 Å². The molecule has 0 aromatic heterocycles. The van der Waals surface area contributed by atoms with Crippen LogP contribution in [-0.2, 0) is 17.8 Å². The van der Waals surface area contributed by atoms with Crippen LogP contribution in [0.2, 0.25) is 0 Å². The first kappa shape index (κ1) is 23.5. The van der Waals surface area contributed by atoms with Crippen LogP contribution in [0.5, 0.6) is 23.0 Å². The molecule has 2 heterocycles. The first-order valence-electron chi connectivity index (χ1n) is 11.4. The first-order chi connectivity index (χ1) is 16.4. The highest BCUT2D eigenvalue weighted by Crippen LogP contribution is 2.34. The number of nitrogens with one attached hydrogen (secondary N) is 2. The molecule has 34 heavy (non-hydrogen) atoms. The van der Waals surface area contributed by atoms with Crippen molar-refractivity contribution >= 4 is 17.6 Å². The van der Waals surface area contributed by atoms with Crippen LogP contribution < -0.4 is 29.6 Å². The molecule has 0 saturated heterocycles. The van der Waals surface area contributed by atoms with Gasteiger partial charge >= 0.3 is 6.03 Å². The lowest BCUT2D eigenvalue weighted by molar-refractivity contribution is -0.118. The standard InChI is InChI=1S/C25H31N3O6/c1-15(2)23(24(29)26-18-5-6-19-22(13-18)34-10-9-33-19)27-25(30)28-8-7-16-11-20(31-3)21(32-4)12-17(16)14-28/h5-6,11-13,15,23H,7-10,14H2,1-4H3,(H,26,29)(H,27,30)/t23-/m1/s1. The van der Waals surface area contributed by atoms with Crippen molar-refractivity contribution < 1.29 is 28.5 Å². The van der Waals surface area contributed by atoms with Gasteiger partial charge in [-0.1, -0.05) is 13.8 Å². The van der Waals surface area contributed by atoms with E-state index < -0.39 is 6.04 Å². The fraction of sp³-hybridized carbons (Fsp3) is 0.440. The summed E-state index contributed by atoms with van der Waals surface area (Å²) in [6.45, 7) is 5.74. The van der Waals surface area contributed by atoms with Crippen molar-refractivity contribution in [3.63, 3.8) is 0 Å². The number of nitrogens with zero attached hydrogens (tertiary/aromatic N) is 1. The third kappa shape index (κ3) is 4.98. The van der Waals surface area contributed by atoms with Crippen LogP contribution in [0, 0.1) is 5.92 Å². The summed E-state index contributed by atoms with van der Waals surface area (Å²) < 4.78 is 21.9. The van der Waals surface area contributed by atoms with Crippen molar-refractivity contribution in [1.82, 2.24) is 10.2 Å². The van der Waals surface area contributed by atoms with Crippen LogP contribution in [0.25, 0.3) is 0 Å².